The minimum Gasteiger partial charge on any atom is -0.489 e. The molecule has 1 aliphatic heterocycles. The van der Waals surface area contributed by atoms with Crippen molar-refractivity contribution in [1.29, 1.82) is 0 Å². The number of hydrogen-bond donors (Lipinski definition) is 0. The number of likely N-dealkylation sites (tertiary alicyclic amines) is 1. The molecule has 1 heterocycles. The smallest absolute Gasteiger partial charge is 0.316 e. The van der Waals surface area contributed by atoms with E-state index in [1.165, 1.54) is 0 Å². The number of amides is 1. The maximum atomic E-state index is 10.9. The quantitative estimate of drug-likeness (QED) is 0.572. The Morgan fingerprint density at radius 2 is 2.13 bits per heavy atom. The summed E-state index contributed by atoms with van der Waals surface area (Å²) in [5.74, 6) is 0.839. The van der Waals surface area contributed by atoms with Crippen LogP contribution in [0.1, 0.15) is 6.42 Å². The van der Waals surface area contributed by atoms with Gasteiger partial charge in [-0.2, -0.15) is 0 Å². The molecule has 0 bridgehead atoms. The largest absolute Gasteiger partial charge is 0.489 e. The fraction of sp³-hybridized carbons (Fsp3) is 0.364. The second-order valence-corrected chi connectivity index (χ2v) is 3.86. The van der Waals surface area contributed by atoms with E-state index in [2.05, 4.69) is 0 Å². The molecule has 0 aliphatic carbocycles. The highest BCUT2D eigenvalue weighted by molar-refractivity contribution is 6.62. The number of carbonyl (C=O) groups excluding carboxylic acids is 1. The summed E-state index contributed by atoms with van der Waals surface area (Å²) in [6.07, 6.45) is 0.906. The lowest BCUT2D eigenvalue weighted by Gasteiger charge is -2.14. The molecule has 1 amide bonds. The molecule has 80 valence electrons. The number of para-hydroxylation sites is 1. The van der Waals surface area contributed by atoms with Crippen LogP contribution in [0.4, 0.5) is 4.79 Å². The lowest BCUT2D eigenvalue weighted by atomic mass is 10.3. The fourth-order valence-corrected chi connectivity index (χ4v) is 1.83. The van der Waals surface area contributed by atoms with Crippen LogP contribution in [0.2, 0.25) is 0 Å². The van der Waals surface area contributed by atoms with Crippen LogP contribution in [0.3, 0.4) is 0 Å². The van der Waals surface area contributed by atoms with Crippen molar-refractivity contribution in [3.63, 3.8) is 0 Å². The van der Waals surface area contributed by atoms with Crippen molar-refractivity contribution in [3.8, 4) is 5.75 Å². The molecule has 0 N–H and O–H groups in total. The first-order chi connectivity index (χ1) is 7.25. The van der Waals surface area contributed by atoms with Crippen LogP contribution in [0.5, 0.6) is 5.75 Å². The summed E-state index contributed by atoms with van der Waals surface area (Å²) < 4.78 is 5.70. The Morgan fingerprint density at radius 1 is 1.40 bits per heavy atom. The van der Waals surface area contributed by atoms with Gasteiger partial charge in [0.05, 0.1) is 6.54 Å². The number of halogens is 1. The molecule has 0 spiro atoms. The standard InChI is InChI=1S/C11H12ClNO2/c12-11(14)13-7-6-10(8-13)15-9-4-2-1-3-5-9/h1-5,10H,6-8H2. The van der Waals surface area contributed by atoms with Gasteiger partial charge in [-0.3, -0.25) is 4.79 Å². The van der Waals surface area contributed by atoms with E-state index in [0.29, 0.717) is 13.1 Å². The number of nitrogens with zero attached hydrogens (tertiary/aromatic N) is 1. The highest BCUT2D eigenvalue weighted by Crippen LogP contribution is 2.18. The van der Waals surface area contributed by atoms with E-state index in [-0.39, 0.29) is 6.10 Å². The zero-order valence-electron chi connectivity index (χ0n) is 8.23. The molecule has 1 aliphatic rings. The van der Waals surface area contributed by atoms with Crippen LogP contribution in [0.25, 0.3) is 0 Å². The summed E-state index contributed by atoms with van der Waals surface area (Å²) >= 11 is 5.38. The van der Waals surface area contributed by atoms with Gasteiger partial charge in [-0.1, -0.05) is 18.2 Å². The number of carbonyl (C=O) groups is 1. The summed E-state index contributed by atoms with van der Waals surface area (Å²) in [7, 11) is 0. The third kappa shape index (κ3) is 2.63. The van der Waals surface area contributed by atoms with Crippen molar-refractivity contribution < 1.29 is 9.53 Å². The molecule has 1 unspecified atom stereocenters. The van der Waals surface area contributed by atoms with E-state index in [0.717, 1.165) is 12.2 Å². The average molecular weight is 226 g/mol. The Balaban J connectivity index is 1.90. The molecular formula is C11H12ClNO2. The van der Waals surface area contributed by atoms with Crippen molar-refractivity contribution in [3.05, 3.63) is 30.3 Å². The Bertz CT molecular complexity index is 342. The first-order valence-corrected chi connectivity index (χ1v) is 5.29. The van der Waals surface area contributed by atoms with E-state index in [1.807, 2.05) is 30.3 Å². The minimum absolute atomic E-state index is 0.0649. The zero-order valence-corrected chi connectivity index (χ0v) is 8.98. The molecule has 1 fully saturated rings. The lowest BCUT2D eigenvalue weighted by molar-refractivity contribution is 0.199. The molecule has 2 rings (SSSR count). The maximum absolute atomic E-state index is 10.9. The Morgan fingerprint density at radius 3 is 2.73 bits per heavy atom. The molecule has 1 aromatic rings. The summed E-state index contributed by atoms with van der Waals surface area (Å²) in [6.45, 7) is 1.26. The summed E-state index contributed by atoms with van der Waals surface area (Å²) in [5, 5.41) is -0.394. The predicted molar refractivity (Wildman–Crippen MR) is 58.3 cm³/mol. The van der Waals surface area contributed by atoms with Crippen LogP contribution in [0, 0.1) is 0 Å². The zero-order chi connectivity index (χ0) is 10.7. The van der Waals surface area contributed by atoms with Crippen molar-refractivity contribution in [2.24, 2.45) is 0 Å². The summed E-state index contributed by atoms with van der Waals surface area (Å²) in [5.41, 5.74) is 0. The molecule has 3 nitrogen and oxygen atoms in total. The van der Waals surface area contributed by atoms with Crippen LogP contribution in [-0.4, -0.2) is 29.5 Å². The van der Waals surface area contributed by atoms with Gasteiger partial charge in [-0.25, -0.2) is 0 Å². The molecule has 1 aromatic carbocycles. The summed E-state index contributed by atoms with van der Waals surface area (Å²) in [4.78, 5) is 12.5. The third-order valence-corrected chi connectivity index (χ3v) is 2.68. The highest BCUT2D eigenvalue weighted by atomic mass is 35.5. The normalized spacial score (nSPS) is 20.3. The van der Waals surface area contributed by atoms with Crippen LogP contribution < -0.4 is 4.74 Å². The first-order valence-electron chi connectivity index (χ1n) is 4.92. The summed E-state index contributed by atoms with van der Waals surface area (Å²) in [6, 6.07) is 9.61. The third-order valence-electron chi connectivity index (χ3n) is 2.44. The van der Waals surface area contributed by atoms with Gasteiger partial charge in [-0.15, -0.1) is 0 Å². The fourth-order valence-electron chi connectivity index (χ4n) is 1.68. The van der Waals surface area contributed by atoms with Gasteiger partial charge in [0.1, 0.15) is 11.9 Å². The molecule has 0 radical (unpaired) electrons. The van der Waals surface area contributed by atoms with Crippen molar-refractivity contribution in [2.45, 2.75) is 12.5 Å². The van der Waals surface area contributed by atoms with Crippen molar-refractivity contribution in [1.82, 2.24) is 4.90 Å². The Kier molecular flexibility index (Phi) is 3.11. The van der Waals surface area contributed by atoms with Crippen LogP contribution in [-0.2, 0) is 0 Å². The van der Waals surface area contributed by atoms with E-state index in [4.69, 9.17) is 16.3 Å². The molecular weight excluding hydrogens is 214 g/mol. The molecule has 1 saturated heterocycles. The number of rotatable bonds is 2. The second-order valence-electron chi connectivity index (χ2n) is 3.54. The molecule has 0 aromatic heterocycles. The average Bonchev–Trinajstić information content (AvgIpc) is 2.68. The van der Waals surface area contributed by atoms with Crippen molar-refractivity contribution >= 4 is 17.0 Å². The van der Waals surface area contributed by atoms with Gasteiger partial charge in [0.2, 0.25) is 0 Å². The number of hydrogen-bond acceptors (Lipinski definition) is 2. The van der Waals surface area contributed by atoms with Gasteiger partial charge >= 0.3 is 5.37 Å². The van der Waals surface area contributed by atoms with E-state index in [9.17, 15) is 4.79 Å². The predicted octanol–water partition coefficient (Wildman–Crippen LogP) is 2.50. The van der Waals surface area contributed by atoms with E-state index >= 15 is 0 Å². The van der Waals surface area contributed by atoms with E-state index in [1.54, 1.807) is 4.90 Å². The second kappa shape index (κ2) is 4.53. The van der Waals surface area contributed by atoms with Gasteiger partial charge in [0.25, 0.3) is 0 Å². The van der Waals surface area contributed by atoms with E-state index < -0.39 is 5.37 Å². The first kappa shape index (κ1) is 10.3. The van der Waals surface area contributed by atoms with Crippen LogP contribution >= 0.6 is 11.6 Å². The maximum Gasteiger partial charge on any atom is 0.316 e. The van der Waals surface area contributed by atoms with Crippen molar-refractivity contribution in [2.75, 3.05) is 13.1 Å². The Labute approximate surface area is 93.6 Å². The van der Waals surface area contributed by atoms with Gasteiger partial charge in [0, 0.05) is 13.0 Å². The number of ether oxygens (including phenoxy) is 1. The van der Waals surface area contributed by atoms with Gasteiger partial charge in [-0.05, 0) is 23.7 Å². The van der Waals surface area contributed by atoms with Gasteiger partial charge in [0.15, 0.2) is 0 Å². The molecule has 1 atom stereocenters. The number of benzene rings is 1. The SMILES string of the molecule is O=C(Cl)N1CCC(Oc2ccccc2)C1. The monoisotopic (exact) mass is 225 g/mol. The van der Waals surface area contributed by atoms with Crippen LogP contribution in [0.15, 0.2) is 30.3 Å². The topological polar surface area (TPSA) is 29.5 Å². The molecule has 0 saturated carbocycles. The minimum atomic E-state index is -0.394. The molecule has 15 heavy (non-hydrogen) atoms. The highest BCUT2D eigenvalue weighted by Gasteiger charge is 2.26. The Hall–Kier alpha value is -1.22. The molecule has 4 heteroatoms. The van der Waals surface area contributed by atoms with Gasteiger partial charge < -0.3 is 9.64 Å². The lowest BCUT2D eigenvalue weighted by Crippen LogP contribution is -2.26.